The number of hydrazone groups is 1. The fraction of sp³-hybridized carbons (Fsp3) is 0.167. The summed E-state index contributed by atoms with van der Waals surface area (Å²) in [5.41, 5.74) is 5.57. The maximum absolute atomic E-state index is 5.62. The molecule has 0 fully saturated rings. The van der Waals surface area contributed by atoms with Crippen molar-refractivity contribution in [2.24, 2.45) is 5.10 Å². The lowest BCUT2D eigenvalue weighted by atomic mass is 10.0. The lowest BCUT2D eigenvalue weighted by Gasteiger charge is -2.21. The van der Waals surface area contributed by atoms with E-state index in [0.29, 0.717) is 0 Å². The minimum Gasteiger partial charge on any atom is -0.454 e. The first-order valence-electron chi connectivity index (χ1n) is 10.1. The molecule has 0 N–H and O–H groups in total. The number of aryl methyl sites for hydroxylation is 1. The molecule has 0 saturated carbocycles. The van der Waals surface area contributed by atoms with Gasteiger partial charge in [-0.25, -0.2) is 9.99 Å². The Hall–Kier alpha value is -3.16. The smallest absolute Gasteiger partial charge is 0.231 e. The summed E-state index contributed by atoms with van der Waals surface area (Å²) >= 11 is 3.34. The Balaban J connectivity index is 1.38. The quantitative estimate of drug-likeness (QED) is 0.372. The number of thiophene rings is 1. The van der Waals surface area contributed by atoms with Crippen LogP contribution in [0.1, 0.15) is 28.5 Å². The van der Waals surface area contributed by atoms with Crippen LogP contribution in [0.2, 0.25) is 0 Å². The maximum Gasteiger partial charge on any atom is 0.231 e. The van der Waals surface area contributed by atoms with Gasteiger partial charge in [-0.05, 0) is 36.1 Å². The Bertz CT molecular complexity index is 1260. The Morgan fingerprint density at radius 1 is 1.00 bits per heavy atom. The van der Waals surface area contributed by atoms with Crippen LogP contribution in [0, 0.1) is 6.92 Å². The Kier molecular flexibility index (Phi) is 4.51. The molecular formula is C24H19N3O2S2. The number of nitrogens with zero attached hydrogens (tertiary/aromatic N) is 3. The minimum absolute atomic E-state index is 0.0589. The monoisotopic (exact) mass is 445 g/mol. The van der Waals surface area contributed by atoms with Gasteiger partial charge in [0.2, 0.25) is 11.9 Å². The van der Waals surface area contributed by atoms with Gasteiger partial charge >= 0.3 is 0 Å². The number of anilines is 1. The van der Waals surface area contributed by atoms with Crippen LogP contribution >= 0.6 is 22.7 Å². The van der Waals surface area contributed by atoms with Gasteiger partial charge in [-0.15, -0.1) is 22.7 Å². The molecule has 2 aliphatic rings. The topological polar surface area (TPSA) is 47.0 Å². The molecule has 0 unspecified atom stereocenters. The second-order valence-electron chi connectivity index (χ2n) is 7.58. The van der Waals surface area contributed by atoms with Crippen molar-refractivity contribution in [2.45, 2.75) is 19.4 Å². The average Bonchev–Trinajstić information content (AvgIpc) is 3.59. The third kappa shape index (κ3) is 3.40. The molecule has 154 valence electrons. The van der Waals surface area contributed by atoms with E-state index in [2.05, 4.69) is 71.2 Å². The fourth-order valence-electron chi connectivity index (χ4n) is 3.88. The van der Waals surface area contributed by atoms with E-state index in [9.17, 15) is 0 Å². The van der Waals surface area contributed by atoms with Crippen LogP contribution in [0.3, 0.4) is 0 Å². The van der Waals surface area contributed by atoms with Gasteiger partial charge in [0.15, 0.2) is 11.5 Å². The van der Waals surface area contributed by atoms with Gasteiger partial charge in [0.25, 0.3) is 0 Å². The van der Waals surface area contributed by atoms with Crippen molar-refractivity contribution in [1.29, 1.82) is 0 Å². The fourth-order valence-corrected chi connectivity index (χ4v) is 5.44. The van der Waals surface area contributed by atoms with Crippen LogP contribution in [-0.4, -0.2) is 17.5 Å². The van der Waals surface area contributed by atoms with Crippen molar-refractivity contribution < 1.29 is 9.47 Å². The lowest BCUT2D eigenvalue weighted by Crippen LogP contribution is -2.18. The van der Waals surface area contributed by atoms with Crippen molar-refractivity contribution >= 4 is 33.5 Å². The summed E-state index contributed by atoms with van der Waals surface area (Å²) in [4.78, 5) is 6.14. The van der Waals surface area contributed by atoms with E-state index in [-0.39, 0.29) is 12.8 Å². The second kappa shape index (κ2) is 7.51. The van der Waals surface area contributed by atoms with Crippen molar-refractivity contribution in [3.63, 3.8) is 0 Å². The molecule has 0 aliphatic carbocycles. The number of rotatable bonds is 4. The zero-order valence-electron chi connectivity index (χ0n) is 16.8. The summed E-state index contributed by atoms with van der Waals surface area (Å²) in [6.07, 6.45) is 0.819. The summed E-state index contributed by atoms with van der Waals surface area (Å²) in [5.74, 6) is 1.59. The zero-order valence-corrected chi connectivity index (χ0v) is 18.5. The summed E-state index contributed by atoms with van der Waals surface area (Å²) in [6, 6.07) is 18.9. The minimum atomic E-state index is 0.0589. The molecule has 0 bridgehead atoms. The van der Waals surface area contributed by atoms with Crippen LogP contribution < -0.4 is 14.5 Å². The van der Waals surface area contributed by atoms with E-state index in [1.54, 1.807) is 22.7 Å². The first-order chi connectivity index (χ1) is 15.2. The molecule has 4 aromatic rings. The standard InChI is InChI=1S/C24H19N3O2S2/c1-15-4-6-16(7-5-15)19-13-31-24(25-19)27-20(12-18(26-27)23-3-2-10-30-23)17-8-9-21-22(11-17)29-14-28-21/h2-11,13,20H,12,14H2,1H3/t20-/m0/s1. The number of aromatic nitrogens is 1. The van der Waals surface area contributed by atoms with Gasteiger partial charge in [0.05, 0.1) is 22.3 Å². The first kappa shape index (κ1) is 18.6. The van der Waals surface area contributed by atoms with Crippen LogP contribution in [0.25, 0.3) is 11.3 Å². The third-order valence-electron chi connectivity index (χ3n) is 5.53. The molecule has 1 atom stereocenters. The third-order valence-corrected chi connectivity index (χ3v) is 7.28. The molecule has 0 spiro atoms. The molecule has 5 nitrogen and oxygen atoms in total. The number of ether oxygens (including phenoxy) is 2. The molecular weight excluding hydrogens is 426 g/mol. The van der Waals surface area contributed by atoms with Crippen LogP contribution in [0.4, 0.5) is 5.13 Å². The molecule has 2 aromatic carbocycles. The average molecular weight is 446 g/mol. The number of thiazole rings is 1. The van der Waals surface area contributed by atoms with Gasteiger partial charge in [0, 0.05) is 17.4 Å². The van der Waals surface area contributed by atoms with Crippen molar-refractivity contribution in [3.8, 4) is 22.8 Å². The van der Waals surface area contributed by atoms with E-state index in [1.807, 2.05) is 6.07 Å². The summed E-state index contributed by atoms with van der Waals surface area (Å²) in [5, 5.41) is 12.2. The Morgan fingerprint density at radius 2 is 1.87 bits per heavy atom. The largest absolute Gasteiger partial charge is 0.454 e. The van der Waals surface area contributed by atoms with Gasteiger partial charge < -0.3 is 9.47 Å². The highest BCUT2D eigenvalue weighted by molar-refractivity contribution is 7.14. The molecule has 0 saturated heterocycles. The number of hydrogen-bond donors (Lipinski definition) is 0. The molecule has 2 aromatic heterocycles. The van der Waals surface area contributed by atoms with E-state index in [4.69, 9.17) is 19.6 Å². The van der Waals surface area contributed by atoms with E-state index in [0.717, 1.165) is 45.6 Å². The van der Waals surface area contributed by atoms with Crippen LogP contribution in [0.5, 0.6) is 11.5 Å². The van der Waals surface area contributed by atoms with E-state index < -0.39 is 0 Å². The highest BCUT2D eigenvalue weighted by Gasteiger charge is 2.33. The summed E-state index contributed by atoms with van der Waals surface area (Å²) in [7, 11) is 0. The van der Waals surface area contributed by atoms with Crippen molar-refractivity contribution in [1.82, 2.24) is 4.98 Å². The molecule has 4 heterocycles. The molecule has 2 aliphatic heterocycles. The van der Waals surface area contributed by atoms with Gasteiger partial charge in [-0.1, -0.05) is 42.0 Å². The highest BCUT2D eigenvalue weighted by Crippen LogP contribution is 2.42. The van der Waals surface area contributed by atoms with Gasteiger partial charge in [-0.3, -0.25) is 0 Å². The Labute approximate surface area is 188 Å². The Morgan fingerprint density at radius 3 is 2.71 bits per heavy atom. The highest BCUT2D eigenvalue weighted by atomic mass is 32.1. The van der Waals surface area contributed by atoms with Crippen molar-refractivity contribution in [3.05, 3.63) is 81.4 Å². The lowest BCUT2D eigenvalue weighted by molar-refractivity contribution is 0.174. The molecule has 0 radical (unpaired) electrons. The zero-order chi connectivity index (χ0) is 20.8. The number of benzene rings is 2. The second-order valence-corrected chi connectivity index (χ2v) is 9.37. The molecule has 7 heteroatoms. The van der Waals surface area contributed by atoms with Gasteiger partial charge in [0.1, 0.15) is 0 Å². The predicted octanol–water partition coefficient (Wildman–Crippen LogP) is 6.26. The van der Waals surface area contributed by atoms with Gasteiger partial charge in [-0.2, -0.15) is 5.10 Å². The van der Waals surface area contributed by atoms with E-state index >= 15 is 0 Å². The molecule has 31 heavy (non-hydrogen) atoms. The number of fused-ring (bicyclic) bond motifs is 1. The predicted molar refractivity (Wildman–Crippen MR) is 126 cm³/mol. The molecule has 6 rings (SSSR count). The SMILES string of the molecule is Cc1ccc(-c2csc(N3N=C(c4cccs4)C[C@H]3c3ccc4c(c3)OCO4)n2)cc1. The van der Waals surface area contributed by atoms with Crippen molar-refractivity contribution in [2.75, 3.05) is 11.8 Å². The summed E-state index contributed by atoms with van der Waals surface area (Å²) < 4.78 is 11.1. The molecule has 0 amide bonds. The first-order valence-corrected chi connectivity index (χ1v) is 11.8. The van der Waals surface area contributed by atoms with Crippen LogP contribution in [-0.2, 0) is 0 Å². The van der Waals surface area contributed by atoms with E-state index in [1.165, 1.54) is 10.4 Å². The number of hydrogen-bond acceptors (Lipinski definition) is 7. The normalized spacial score (nSPS) is 17.3. The summed E-state index contributed by atoms with van der Waals surface area (Å²) in [6.45, 7) is 2.37. The maximum atomic E-state index is 5.62. The van der Waals surface area contributed by atoms with Crippen LogP contribution in [0.15, 0.2) is 70.5 Å².